The number of carbonyl (C=O) groups excluding carboxylic acids is 11. The van der Waals surface area contributed by atoms with Crippen LogP contribution in [0.5, 0.6) is 5.75 Å². The fourth-order valence-corrected chi connectivity index (χ4v) is 12.5. The largest absolute Gasteiger partial charge is 0.494 e. The fourth-order valence-electron chi connectivity index (χ4n) is 12.5. The number of aromatic amines is 2. The summed E-state index contributed by atoms with van der Waals surface area (Å²) in [5.41, 5.74) is 17.4. The van der Waals surface area contributed by atoms with Crippen molar-refractivity contribution in [1.29, 1.82) is 0 Å². The number of unbranched alkanes of at least 4 members (excludes halogenated alkanes) is 3. The van der Waals surface area contributed by atoms with Gasteiger partial charge in [-0.15, -0.1) is 10.2 Å². The molecule has 0 unspecified atom stereocenters. The summed E-state index contributed by atoms with van der Waals surface area (Å²) in [7, 11) is 0. The number of H-pyrrole nitrogens is 2. The molecule has 2 aromatic heterocycles. The molecule has 6 rings (SSSR count). The summed E-state index contributed by atoms with van der Waals surface area (Å²) in [6.07, 6.45) is 3.17. The number of rotatable bonds is 48. The topological polar surface area (TPSA) is 553 Å². The van der Waals surface area contributed by atoms with Gasteiger partial charge in [-0.3, -0.25) is 57.5 Å². The molecule has 0 saturated carbocycles. The van der Waals surface area contributed by atoms with Gasteiger partial charge in [0.05, 0.1) is 43.8 Å². The highest BCUT2D eigenvalue weighted by Gasteiger charge is 2.43. The number of amides is 11. The number of carbonyl (C=O) groups is 12. The van der Waals surface area contributed by atoms with E-state index in [-0.39, 0.29) is 37.1 Å². The lowest BCUT2D eigenvalue weighted by Crippen LogP contribution is -2.66. The Labute approximate surface area is 664 Å². The van der Waals surface area contributed by atoms with Crippen molar-refractivity contribution < 1.29 is 82.0 Å². The quantitative estimate of drug-likeness (QED) is 0.0113. The highest BCUT2D eigenvalue weighted by atomic mass is 19.1. The van der Waals surface area contributed by atoms with E-state index in [2.05, 4.69) is 93.8 Å². The van der Waals surface area contributed by atoms with E-state index in [0.717, 1.165) is 79.3 Å². The average molecular weight is 1600 g/mol. The Morgan fingerprint density at radius 2 is 1.33 bits per heavy atom. The highest BCUT2D eigenvalue weighted by Crippen LogP contribution is 2.29. The maximum absolute atomic E-state index is 15.5. The van der Waals surface area contributed by atoms with Crippen LogP contribution < -0.4 is 63.6 Å². The third-order valence-electron chi connectivity index (χ3n) is 18.7. The molecule has 0 spiro atoms. The molecule has 115 heavy (non-hydrogen) atoms. The third kappa shape index (κ3) is 30.0. The standard InChI is InChI=1S/C78H105FN20O16/c1-10-51-37-55(115-32-17-16-31-85-97-81)29-30-56(51)52-27-25-49(26-28-52)36-59(71(109)87-58(68(80)106)23-18-19-50-34-44(2)33-45(3)35-50)89-72(110)61(39-65(104)105)88-69(107)46(4)86-73(111)66(47(5)100)92-76(114)78(9,40-53-20-14-15-22-57(53)79)94-74(112)67(48(6)101)91-64(103)42-83-70(108)60(38-62-95-98-99-96-62)90-75(113)77(7,8)93-63(102)24-13-11-12-21-54-41-82-43-84-54/h14-15,20,22,25-30,33-35,37,41,43,46-48,58-61,66-67,100-101H,10-13,16-19,21,23-24,31-32,36,38-40,42H2,1-9H3,(H2,80,106)(H,82,84)(H,83,108)(H,86,111)(H,87,109)(H,88,107)(H,89,110)(H,90,113)(H,91,103)(H,92,114)(H,93,102)(H,94,112)(H,104,105)(H,95,96,98,99)/t46-,47+,48+,58-,59-,60-,61-,66-,67-,78-/m0/s1. The van der Waals surface area contributed by atoms with E-state index in [1.54, 1.807) is 36.8 Å². The van der Waals surface area contributed by atoms with Crippen LogP contribution in [0.4, 0.5) is 4.39 Å². The monoisotopic (exact) mass is 1600 g/mol. The first-order chi connectivity index (χ1) is 54.6. The molecular formula is C78H105FN20O16. The number of carboxylic acid groups (broad SMARTS) is 1. The van der Waals surface area contributed by atoms with Gasteiger partial charge in [0, 0.05) is 43.3 Å². The van der Waals surface area contributed by atoms with Gasteiger partial charge >= 0.3 is 5.97 Å². The average Bonchev–Trinajstić information content (AvgIpc) is 1.15. The van der Waals surface area contributed by atoms with Crippen molar-refractivity contribution in [3.05, 3.63) is 159 Å². The molecule has 0 radical (unpaired) electrons. The maximum atomic E-state index is 15.5. The van der Waals surface area contributed by atoms with Crippen molar-refractivity contribution in [2.75, 3.05) is 19.7 Å². The summed E-state index contributed by atoms with van der Waals surface area (Å²) in [6.45, 7) is 12.9. The molecular weight excluding hydrogens is 1490 g/mol. The minimum absolute atomic E-state index is 0.0354. The van der Waals surface area contributed by atoms with Crippen molar-refractivity contribution >= 4 is 70.9 Å². The van der Waals surface area contributed by atoms with E-state index < -0.39 is 162 Å². The van der Waals surface area contributed by atoms with Crippen LogP contribution in [0.1, 0.15) is 151 Å². The number of aryl methyl sites for hydroxylation is 5. The number of aliphatic hydroxyl groups is 2. The summed E-state index contributed by atoms with van der Waals surface area (Å²) in [5.74, 6) is -13.1. The highest BCUT2D eigenvalue weighted by molar-refractivity contribution is 6.00. The van der Waals surface area contributed by atoms with E-state index in [1.807, 2.05) is 57.2 Å². The van der Waals surface area contributed by atoms with Crippen LogP contribution >= 0.6 is 0 Å². The van der Waals surface area contributed by atoms with Crippen LogP contribution in [-0.4, -0.2) is 202 Å². The fraction of sp³-hybridized carbons (Fsp3) is 0.487. The number of aliphatic carboxylic acids is 1. The van der Waals surface area contributed by atoms with Gasteiger partial charge in [-0.1, -0.05) is 102 Å². The predicted octanol–water partition coefficient (Wildman–Crippen LogP) is 2.25. The predicted molar refractivity (Wildman–Crippen MR) is 417 cm³/mol. The smallest absolute Gasteiger partial charge is 0.305 e. The second-order valence-electron chi connectivity index (χ2n) is 29.0. The molecule has 0 bridgehead atoms. The van der Waals surface area contributed by atoms with Crippen molar-refractivity contribution in [3.63, 3.8) is 0 Å². The number of imidazole rings is 1. The number of ether oxygens (including phenoxy) is 1. The lowest BCUT2D eigenvalue weighted by molar-refractivity contribution is -0.142. The number of aliphatic hydroxyl groups excluding tert-OH is 2. The maximum Gasteiger partial charge on any atom is 0.305 e. The number of carboxylic acids is 1. The molecule has 6 aromatic rings. The molecule has 37 heteroatoms. The first kappa shape index (κ1) is 91.6. The van der Waals surface area contributed by atoms with Gasteiger partial charge in [0.2, 0.25) is 65.0 Å². The summed E-state index contributed by atoms with van der Waals surface area (Å²) < 4.78 is 21.5. The summed E-state index contributed by atoms with van der Waals surface area (Å²) in [6, 6.07) is 11.9. The number of tetrazole rings is 1. The Balaban J connectivity index is 1.14. The number of halogens is 1. The zero-order valence-corrected chi connectivity index (χ0v) is 65.9. The third-order valence-corrected chi connectivity index (χ3v) is 18.7. The Morgan fingerprint density at radius 3 is 1.97 bits per heavy atom. The zero-order chi connectivity index (χ0) is 84.5. The zero-order valence-electron chi connectivity index (χ0n) is 65.9. The number of hydrogen-bond acceptors (Lipinski definition) is 20. The van der Waals surface area contributed by atoms with Crippen LogP contribution in [0, 0.1) is 19.7 Å². The second-order valence-corrected chi connectivity index (χ2v) is 29.0. The van der Waals surface area contributed by atoms with Crippen LogP contribution in [-0.2, 0) is 96.1 Å². The summed E-state index contributed by atoms with van der Waals surface area (Å²) >= 11 is 0. The van der Waals surface area contributed by atoms with E-state index in [1.165, 1.54) is 32.0 Å². The molecule has 10 atom stereocenters. The second kappa shape index (κ2) is 44.9. The summed E-state index contributed by atoms with van der Waals surface area (Å²) in [4.78, 5) is 176. The van der Waals surface area contributed by atoms with Crippen LogP contribution in [0.3, 0.4) is 0 Å². The first-order valence-corrected chi connectivity index (χ1v) is 37.9. The number of aromatic nitrogens is 6. The number of nitrogens with two attached hydrogens (primary N) is 1. The molecule has 620 valence electrons. The molecule has 11 amide bonds. The van der Waals surface area contributed by atoms with Crippen LogP contribution in [0.2, 0.25) is 0 Å². The van der Waals surface area contributed by atoms with Crippen molar-refractivity contribution in [2.24, 2.45) is 10.8 Å². The molecule has 0 aliphatic heterocycles. The molecule has 0 saturated heterocycles. The first-order valence-electron chi connectivity index (χ1n) is 37.9. The van der Waals surface area contributed by atoms with E-state index in [4.69, 9.17) is 16.0 Å². The number of azide groups is 1. The van der Waals surface area contributed by atoms with E-state index >= 15 is 4.39 Å². The van der Waals surface area contributed by atoms with E-state index in [9.17, 15) is 72.9 Å². The van der Waals surface area contributed by atoms with Crippen LogP contribution in [0.25, 0.3) is 21.6 Å². The minimum atomic E-state index is -2.35. The lowest BCUT2D eigenvalue weighted by atomic mass is 9.90. The van der Waals surface area contributed by atoms with Gasteiger partial charge < -0.3 is 83.9 Å². The molecule has 36 nitrogen and oxygen atoms in total. The van der Waals surface area contributed by atoms with Crippen molar-refractivity contribution in [1.82, 2.24) is 83.8 Å². The molecule has 2 heterocycles. The SMILES string of the molecule is CCc1cc(OCCCCN=[N+]=[N-])ccc1-c1ccc(C[C@H](NC(=O)[C@H](CC(=O)O)NC(=O)[C@H](C)NC(=O)[C@@H](NC(=O)[C@](C)(Cc2ccccc2F)NC(=O)[C@@H](NC(=O)CNC(=O)[C@H](Cc2nn[nH]n2)NC(=O)C(C)(C)NC(=O)CCCCCc2c[nH]cn2)[C@@H](C)O)[C@@H](C)O)C(=O)N[C@@H](CCCc2cc(C)cc(C)c2)C(N)=O)cc1. The number of benzene rings is 4. The molecule has 0 aliphatic rings. The summed E-state index contributed by atoms with van der Waals surface area (Å²) in [5, 5.41) is 73.5. The van der Waals surface area contributed by atoms with Gasteiger partial charge in [0.15, 0.2) is 5.82 Å². The van der Waals surface area contributed by atoms with Gasteiger partial charge in [0.25, 0.3) is 0 Å². The number of nitrogens with one attached hydrogen (secondary N) is 12. The Kier molecular flexibility index (Phi) is 35.7. The Morgan fingerprint density at radius 1 is 0.661 bits per heavy atom. The molecule has 17 N–H and O–H groups in total. The lowest BCUT2D eigenvalue weighted by Gasteiger charge is -2.34. The van der Waals surface area contributed by atoms with Gasteiger partial charge in [-0.25, -0.2) is 9.37 Å². The Bertz CT molecular complexity index is 4350. The van der Waals surface area contributed by atoms with Gasteiger partial charge in [-0.2, -0.15) is 5.21 Å². The Hall–Kier alpha value is -12.2. The van der Waals surface area contributed by atoms with Gasteiger partial charge in [0.1, 0.15) is 64.9 Å². The molecule has 0 fully saturated rings. The number of primary amides is 1. The van der Waals surface area contributed by atoms with Crippen LogP contribution in [0.15, 0.2) is 103 Å². The number of nitrogens with zero attached hydrogens (tertiary/aromatic N) is 7. The van der Waals surface area contributed by atoms with E-state index in [0.29, 0.717) is 75.8 Å². The molecule has 4 aromatic carbocycles. The minimum Gasteiger partial charge on any atom is -0.494 e. The van der Waals surface area contributed by atoms with Crippen molar-refractivity contribution in [2.45, 2.75) is 224 Å². The normalized spacial score (nSPS) is 14.1. The van der Waals surface area contributed by atoms with Gasteiger partial charge in [-0.05, 0) is 170 Å². The van der Waals surface area contributed by atoms with Crippen molar-refractivity contribution in [3.8, 4) is 16.9 Å². The molecule has 0 aliphatic carbocycles. The number of hydrogen-bond donors (Lipinski definition) is 16.